The second-order valence-electron chi connectivity index (χ2n) is 2.58. The van der Waals surface area contributed by atoms with Gasteiger partial charge in [0.1, 0.15) is 0 Å². The highest BCUT2D eigenvalue weighted by atomic mass is 16.5. The molecular formula is C13H23NO2. The lowest BCUT2D eigenvalue weighted by molar-refractivity contribution is 0.152. The average Bonchev–Trinajstić information content (AvgIpc) is 2.31. The van der Waals surface area contributed by atoms with Crippen molar-refractivity contribution < 1.29 is 9.53 Å². The van der Waals surface area contributed by atoms with Crippen LogP contribution in [0.2, 0.25) is 0 Å². The van der Waals surface area contributed by atoms with Crippen LogP contribution in [0.4, 0.5) is 4.79 Å². The van der Waals surface area contributed by atoms with E-state index in [0.29, 0.717) is 13.2 Å². The summed E-state index contributed by atoms with van der Waals surface area (Å²) < 4.78 is 4.70. The lowest BCUT2D eigenvalue weighted by Gasteiger charge is -2.04. The molecule has 0 aromatic carbocycles. The number of carbonyl (C=O) groups excluding carboxylic acids is 1. The largest absolute Gasteiger partial charge is 0.450 e. The van der Waals surface area contributed by atoms with Gasteiger partial charge in [0.05, 0.1) is 6.61 Å². The standard InChI is InChI=1S/C11H17NO2.C2H6/c1-4-7-10(5-2)8-9-12-11(13)14-6-3;1-2/h4-5,7H,1-2,6,8-9H2,3H3,(H,12,13);1-2H3/b10-7+;. The lowest BCUT2D eigenvalue weighted by Crippen LogP contribution is -2.25. The molecule has 0 radical (unpaired) electrons. The van der Waals surface area contributed by atoms with E-state index < -0.39 is 0 Å². The summed E-state index contributed by atoms with van der Waals surface area (Å²) >= 11 is 0. The van der Waals surface area contributed by atoms with Crippen molar-refractivity contribution in [2.75, 3.05) is 13.2 Å². The number of carbonyl (C=O) groups is 1. The molecule has 1 N–H and O–H groups in total. The van der Waals surface area contributed by atoms with Gasteiger partial charge >= 0.3 is 6.09 Å². The predicted molar refractivity (Wildman–Crippen MR) is 69.5 cm³/mol. The number of hydrogen-bond donors (Lipinski definition) is 1. The number of allylic oxidation sites excluding steroid dienone is 3. The molecule has 0 atom stereocenters. The summed E-state index contributed by atoms with van der Waals surface area (Å²) in [5.41, 5.74) is 1.04. The Bertz CT molecular complexity index is 232. The maximum Gasteiger partial charge on any atom is 0.407 e. The average molecular weight is 225 g/mol. The number of hydrogen-bond acceptors (Lipinski definition) is 2. The molecule has 0 saturated heterocycles. The minimum atomic E-state index is -0.380. The maximum atomic E-state index is 10.9. The second-order valence-corrected chi connectivity index (χ2v) is 2.58. The van der Waals surface area contributed by atoms with E-state index in [0.717, 1.165) is 12.0 Å². The van der Waals surface area contributed by atoms with E-state index in [4.69, 9.17) is 4.74 Å². The number of alkyl carbamates (subject to hydrolysis) is 1. The first-order valence-corrected chi connectivity index (χ1v) is 5.59. The van der Waals surface area contributed by atoms with Crippen molar-refractivity contribution in [1.82, 2.24) is 5.32 Å². The molecule has 0 unspecified atom stereocenters. The first-order chi connectivity index (χ1) is 7.74. The zero-order valence-corrected chi connectivity index (χ0v) is 10.6. The number of ether oxygens (including phenoxy) is 1. The summed E-state index contributed by atoms with van der Waals surface area (Å²) in [6.07, 6.45) is 5.65. The van der Waals surface area contributed by atoms with Crippen LogP contribution in [0.5, 0.6) is 0 Å². The molecule has 0 heterocycles. The van der Waals surface area contributed by atoms with E-state index in [1.807, 2.05) is 19.9 Å². The monoisotopic (exact) mass is 225 g/mol. The van der Waals surface area contributed by atoms with Crippen LogP contribution >= 0.6 is 0 Å². The fraction of sp³-hybridized carbons (Fsp3) is 0.462. The molecule has 0 bridgehead atoms. The zero-order chi connectivity index (χ0) is 12.8. The van der Waals surface area contributed by atoms with Crippen LogP contribution in [0.25, 0.3) is 0 Å². The third-order valence-electron chi connectivity index (χ3n) is 1.55. The van der Waals surface area contributed by atoms with Gasteiger partial charge in [-0.3, -0.25) is 0 Å². The van der Waals surface area contributed by atoms with Gasteiger partial charge in [0.2, 0.25) is 0 Å². The fourth-order valence-electron chi connectivity index (χ4n) is 0.896. The van der Waals surface area contributed by atoms with Gasteiger partial charge in [-0.2, -0.15) is 0 Å². The summed E-state index contributed by atoms with van der Waals surface area (Å²) in [6.45, 7) is 13.9. The molecule has 0 aliphatic carbocycles. The van der Waals surface area contributed by atoms with Gasteiger partial charge in [-0.25, -0.2) is 4.79 Å². The van der Waals surface area contributed by atoms with E-state index in [-0.39, 0.29) is 6.09 Å². The summed E-state index contributed by atoms with van der Waals surface area (Å²) in [4.78, 5) is 10.9. The van der Waals surface area contributed by atoms with Crippen LogP contribution in [0.15, 0.2) is 37.0 Å². The molecule has 0 aliphatic rings. The van der Waals surface area contributed by atoms with Crippen LogP contribution in [0.1, 0.15) is 27.2 Å². The third-order valence-corrected chi connectivity index (χ3v) is 1.55. The SMILES string of the molecule is C=C/C=C(\C=C)CCNC(=O)OCC.CC. The highest BCUT2D eigenvalue weighted by Crippen LogP contribution is 2.00. The normalized spacial score (nSPS) is 9.56. The number of nitrogens with one attached hydrogen (secondary N) is 1. The Labute approximate surface area is 98.9 Å². The molecule has 92 valence electrons. The van der Waals surface area contributed by atoms with Crippen LogP contribution in [-0.2, 0) is 4.74 Å². The van der Waals surface area contributed by atoms with Crippen LogP contribution < -0.4 is 5.32 Å². The number of rotatable bonds is 6. The molecule has 3 heteroatoms. The fourth-order valence-corrected chi connectivity index (χ4v) is 0.896. The summed E-state index contributed by atoms with van der Waals surface area (Å²) in [5.74, 6) is 0. The third kappa shape index (κ3) is 10.6. The summed E-state index contributed by atoms with van der Waals surface area (Å²) in [6, 6.07) is 0. The van der Waals surface area contributed by atoms with Crippen molar-refractivity contribution in [2.45, 2.75) is 27.2 Å². The van der Waals surface area contributed by atoms with Gasteiger partial charge in [-0.1, -0.05) is 45.2 Å². The molecule has 0 saturated carbocycles. The van der Waals surface area contributed by atoms with Crippen molar-refractivity contribution in [3.8, 4) is 0 Å². The molecule has 0 rings (SSSR count). The molecule has 0 aromatic heterocycles. The van der Waals surface area contributed by atoms with Crippen LogP contribution in [0.3, 0.4) is 0 Å². The summed E-state index contributed by atoms with van der Waals surface area (Å²) in [7, 11) is 0. The van der Waals surface area contributed by atoms with Gasteiger partial charge < -0.3 is 10.1 Å². The van der Waals surface area contributed by atoms with Gasteiger partial charge in [-0.15, -0.1) is 0 Å². The molecule has 0 aliphatic heterocycles. The quantitative estimate of drug-likeness (QED) is 0.703. The minimum absolute atomic E-state index is 0.380. The van der Waals surface area contributed by atoms with E-state index in [9.17, 15) is 4.79 Å². The maximum absolute atomic E-state index is 10.9. The van der Waals surface area contributed by atoms with Gasteiger partial charge in [-0.05, 0) is 18.9 Å². The second kappa shape index (κ2) is 13.5. The molecule has 16 heavy (non-hydrogen) atoms. The van der Waals surface area contributed by atoms with Crippen molar-refractivity contribution in [3.63, 3.8) is 0 Å². The Hall–Kier alpha value is -1.51. The topological polar surface area (TPSA) is 38.3 Å². The van der Waals surface area contributed by atoms with E-state index in [1.54, 1.807) is 19.1 Å². The molecule has 3 nitrogen and oxygen atoms in total. The zero-order valence-electron chi connectivity index (χ0n) is 10.6. The van der Waals surface area contributed by atoms with Gasteiger partial charge in [0.15, 0.2) is 0 Å². The van der Waals surface area contributed by atoms with Crippen molar-refractivity contribution in [1.29, 1.82) is 0 Å². The van der Waals surface area contributed by atoms with Crippen LogP contribution in [-0.4, -0.2) is 19.2 Å². The smallest absolute Gasteiger partial charge is 0.407 e. The minimum Gasteiger partial charge on any atom is -0.450 e. The van der Waals surface area contributed by atoms with Crippen LogP contribution in [0, 0.1) is 0 Å². The van der Waals surface area contributed by atoms with Crippen molar-refractivity contribution in [2.24, 2.45) is 0 Å². The first-order valence-electron chi connectivity index (χ1n) is 5.59. The Morgan fingerprint density at radius 1 is 1.38 bits per heavy atom. The lowest BCUT2D eigenvalue weighted by atomic mass is 10.2. The van der Waals surface area contributed by atoms with Crippen molar-refractivity contribution in [3.05, 3.63) is 37.0 Å². The van der Waals surface area contributed by atoms with E-state index >= 15 is 0 Å². The Morgan fingerprint density at radius 2 is 2.00 bits per heavy atom. The highest BCUT2D eigenvalue weighted by molar-refractivity contribution is 5.67. The Kier molecular flexibility index (Phi) is 14.3. The molecular weight excluding hydrogens is 202 g/mol. The number of amides is 1. The predicted octanol–water partition coefficient (Wildman–Crippen LogP) is 3.45. The molecule has 1 amide bonds. The molecule has 0 aromatic rings. The molecule has 0 fully saturated rings. The highest BCUT2D eigenvalue weighted by Gasteiger charge is 1.98. The molecule has 0 spiro atoms. The Morgan fingerprint density at radius 3 is 2.44 bits per heavy atom. The van der Waals surface area contributed by atoms with Gasteiger partial charge in [0, 0.05) is 6.54 Å². The van der Waals surface area contributed by atoms with Gasteiger partial charge in [0.25, 0.3) is 0 Å². The Balaban J connectivity index is 0. The first kappa shape index (κ1) is 16.9. The summed E-state index contributed by atoms with van der Waals surface area (Å²) in [5, 5.41) is 2.62. The van der Waals surface area contributed by atoms with E-state index in [1.165, 1.54) is 0 Å². The van der Waals surface area contributed by atoms with Crippen molar-refractivity contribution >= 4 is 6.09 Å². The van der Waals surface area contributed by atoms with E-state index in [2.05, 4.69) is 18.5 Å².